The predicted octanol–water partition coefficient (Wildman–Crippen LogP) is 4.12. The quantitative estimate of drug-likeness (QED) is 0.746. The normalized spacial score (nSPS) is 17.6. The van der Waals surface area contributed by atoms with Gasteiger partial charge in [-0.05, 0) is 43.0 Å². The molecule has 22 heavy (non-hydrogen) atoms. The van der Waals surface area contributed by atoms with Crippen LogP contribution >= 0.6 is 0 Å². The molecule has 0 aliphatic heterocycles. The highest BCUT2D eigenvalue weighted by atomic mass is 14.9. The van der Waals surface area contributed by atoms with Crippen LogP contribution in [-0.4, -0.2) is 11.0 Å². The average Bonchev–Trinajstić information content (AvgIpc) is 2.91. The number of H-pyrrole nitrogens is 1. The topological polar surface area (TPSA) is 27.8 Å². The van der Waals surface area contributed by atoms with Gasteiger partial charge in [0.25, 0.3) is 0 Å². The van der Waals surface area contributed by atoms with Crippen LogP contribution in [0.1, 0.15) is 28.8 Å². The number of fused-ring (bicyclic) bond motifs is 3. The van der Waals surface area contributed by atoms with Crippen molar-refractivity contribution in [2.75, 3.05) is 0 Å². The molecule has 3 aromatic rings. The summed E-state index contributed by atoms with van der Waals surface area (Å²) < 4.78 is 0. The molecule has 0 amide bonds. The van der Waals surface area contributed by atoms with Crippen LogP contribution in [0.25, 0.3) is 10.9 Å². The van der Waals surface area contributed by atoms with Crippen LogP contribution in [0.3, 0.4) is 0 Å². The second kappa shape index (κ2) is 5.62. The van der Waals surface area contributed by atoms with Gasteiger partial charge >= 0.3 is 0 Å². The van der Waals surface area contributed by atoms with Crippen LogP contribution in [0.4, 0.5) is 0 Å². The van der Waals surface area contributed by atoms with Crippen molar-refractivity contribution in [2.24, 2.45) is 0 Å². The molecular formula is C20H22N2. The lowest BCUT2D eigenvalue weighted by molar-refractivity contribution is 0.455. The standard InChI is InChI=1S/C20H22N2/c1-14-7-10-19-18(11-14)17-9-8-16(12-20(17)22-19)21-13-15-5-3-2-4-6-15/h2-7,10-11,16,21-22H,8-9,12-13H2,1H3. The molecule has 2 nitrogen and oxygen atoms in total. The Hall–Kier alpha value is -2.06. The fourth-order valence-electron chi connectivity index (χ4n) is 3.58. The van der Waals surface area contributed by atoms with Crippen LogP contribution in [0.2, 0.25) is 0 Å². The number of rotatable bonds is 3. The van der Waals surface area contributed by atoms with Gasteiger partial charge in [0.1, 0.15) is 0 Å². The lowest BCUT2D eigenvalue weighted by Gasteiger charge is -2.23. The van der Waals surface area contributed by atoms with E-state index in [1.807, 2.05) is 0 Å². The molecule has 4 rings (SSSR count). The largest absolute Gasteiger partial charge is 0.358 e. The number of hydrogen-bond donors (Lipinski definition) is 2. The minimum absolute atomic E-state index is 0.571. The van der Waals surface area contributed by atoms with E-state index in [1.54, 1.807) is 0 Å². The molecule has 0 saturated heterocycles. The van der Waals surface area contributed by atoms with Crippen molar-refractivity contribution in [3.05, 3.63) is 70.9 Å². The Balaban J connectivity index is 1.51. The molecule has 0 saturated carbocycles. The summed E-state index contributed by atoms with van der Waals surface area (Å²) in [4.78, 5) is 3.63. The van der Waals surface area contributed by atoms with Gasteiger partial charge in [0.2, 0.25) is 0 Å². The number of hydrogen-bond acceptors (Lipinski definition) is 1. The maximum absolute atomic E-state index is 3.71. The summed E-state index contributed by atoms with van der Waals surface area (Å²) in [5, 5.41) is 5.14. The molecular weight excluding hydrogens is 268 g/mol. The van der Waals surface area contributed by atoms with E-state index in [2.05, 4.69) is 65.8 Å². The molecule has 112 valence electrons. The predicted molar refractivity (Wildman–Crippen MR) is 92.1 cm³/mol. The summed E-state index contributed by atoms with van der Waals surface area (Å²) in [5.74, 6) is 0. The minimum Gasteiger partial charge on any atom is -0.358 e. The molecule has 1 unspecified atom stereocenters. The highest BCUT2D eigenvalue weighted by molar-refractivity contribution is 5.85. The van der Waals surface area contributed by atoms with Gasteiger partial charge in [-0.15, -0.1) is 0 Å². The van der Waals surface area contributed by atoms with E-state index in [0.717, 1.165) is 13.0 Å². The zero-order valence-electron chi connectivity index (χ0n) is 13.0. The summed E-state index contributed by atoms with van der Waals surface area (Å²) in [7, 11) is 0. The molecule has 1 atom stereocenters. The van der Waals surface area contributed by atoms with Crippen molar-refractivity contribution in [3.63, 3.8) is 0 Å². The zero-order valence-corrected chi connectivity index (χ0v) is 13.0. The fraction of sp³-hybridized carbons (Fsp3) is 0.300. The molecule has 2 N–H and O–H groups in total. The zero-order chi connectivity index (χ0) is 14.9. The van der Waals surface area contributed by atoms with Crippen molar-refractivity contribution in [3.8, 4) is 0 Å². The number of nitrogens with one attached hydrogen (secondary N) is 2. The van der Waals surface area contributed by atoms with Gasteiger partial charge < -0.3 is 10.3 Å². The molecule has 0 fully saturated rings. The Kier molecular flexibility index (Phi) is 3.47. The van der Waals surface area contributed by atoms with Gasteiger partial charge in [-0.3, -0.25) is 0 Å². The first-order valence-electron chi connectivity index (χ1n) is 8.17. The molecule has 2 heteroatoms. The summed E-state index contributed by atoms with van der Waals surface area (Å²) >= 11 is 0. The Morgan fingerprint density at radius 1 is 1.14 bits per heavy atom. The Morgan fingerprint density at radius 3 is 2.86 bits per heavy atom. The minimum atomic E-state index is 0.571. The fourth-order valence-corrected chi connectivity index (χ4v) is 3.58. The van der Waals surface area contributed by atoms with E-state index >= 15 is 0 Å². The summed E-state index contributed by atoms with van der Waals surface area (Å²) in [6.07, 6.45) is 3.50. The van der Waals surface area contributed by atoms with Crippen LogP contribution < -0.4 is 5.32 Å². The first-order chi connectivity index (χ1) is 10.8. The third-order valence-electron chi connectivity index (χ3n) is 4.78. The van der Waals surface area contributed by atoms with Gasteiger partial charge in [0.05, 0.1) is 0 Å². The number of aromatic amines is 1. The first-order valence-corrected chi connectivity index (χ1v) is 8.17. The van der Waals surface area contributed by atoms with Crippen LogP contribution in [-0.2, 0) is 19.4 Å². The van der Waals surface area contributed by atoms with Crippen molar-refractivity contribution in [1.82, 2.24) is 10.3 Å². The van der Waals surface area contributed by atoms with E-state index in [1.165, 1.54) is 46.1 Å². The number of benzene rings is 2. The van der Waals surface area contributed by atoms with E-state index in [4.69, 9.17) is 0 Å². The maximum Gasteiger partial charge on any atom is 0.0459 e. The molecule has 2 aromatic carbocycles. The number of aryl methyl sites for hydroxylation is 2. The van der Waals surface area contributed by atoms with E-state index in [0.29, 0.717) is 6.04 Å². The molecule has 1 heterocycles. The van der Waals surface area contributed by atoms with Crippen molar-refractivity contribution < 1.29 is 0 Å². The lowest BCUT2D eigenvalue weighted by Crippen LogP contribution is -2.34. The monoisotopic (exact) mass is 290 g/mol. The van der Waals surface area contributed by atoms with Crippen LogP contribution in [0, 0.1) is 6.92 Å². The van der Waals surface area contributed by atoms with E-state index < -0.39 is 0 Å². The maximum atomic E-state index is 3.71. The van der Waals surface area contributed by atoms with Gasteiger partial charge in [-0.25, -0.2) is 0 Å². The van der Waals surface area contributed by atoms with Gasteiger partial charge in [0.15, 0.2) is 0 Å². The first kappa shape index (κ1) is 13.6. The Morgan fingerprint density at radius 2 is 2.00 bits per heavy atom. The lowest BCUT2D eigenvalue weighted by atomic mass is 9.91. The van der Waals surface area contributed by atoms with E-state index in [9.17, 15) is 0 Å². The van der Waals surface area contributed by atoms with Gasteiger partial charge in [0, 0.05) is 35.6 Å². The summed E-state index contributed by atoms with van der Waals surface area (Å²) in [6, 6.07) is 18.0. The SMILES string of the molecule is Cc1ccc2[nH]c3c(c2c1)CCC(NCc1ccccc1)C3. The molecule has 1 aromatic heterocycles. The highest BCUT2D eigenvalue weighted by Gasteiger charge is 2.21. The summed E-state index contributed by atoms with van der Waals surface area (Å²) in [6.45, 7) is 3.13. The van der Waals surface area contributed by atoms with Crippen molar-refractivity contribution in [1.29, 1.82) is 0 Å². The molecule has 0 spiro atoms. The third-order valence-corrected chi connectivity index (χ3v) is 4.78. The summed E-state index contributed by atoms with van der Waals surface area (Å²) in [5.41, 5.74) is 6.97. The molecule has 0 radical (unpaired) electrons. The van der Waals surface area contributed by atoms with Crippen LogP contribution in [0.15, 0.2) is 48.5 Å². The molecule has 1 aliphatic rings. The Labute approximate surface area is 131 Å². The second-order valence-corrected chi connectivity index (χ2v) is 6.44. The van der Waals surface area contributed by atoms with Gasteiger partial charge in [-0.1, -0.05) is 42.0 Å². The van der Waals surface area contributed by atoms with E-state index in [-0.39, 0.29) is 0 Å². The average molecular weight is 290 g/mol. The molecule has 0 bridgehead atoms. The third kappa shape index (κ3) is 2.55. The van der Waals surface area contributed by atoms with Crippen molar-refractivity contribution in [2.45, 2.75) is 38.8 Å². The van der Waals surface area contributed by atoms with Gasteiger partial charge in [-0.2, -0.15) is 0 Å². The molecule has 1 aliphatic carbocycles. The highest BCUT2D eigenvalue weighted by Crippen LogP contribution is 2.29. The van der Waals surface area contributed by atoms with Crippen molar-refractivity contribution >= 4 is 10.9 Å². The second-order valence-electron chi connectivity index (χ2n) is 6.44. The Bertz CT molecular complexity index is 786. The smallest absolute Gasteiger partial charge is 0.0459 e. The number of aromatic nitrogens is 1. The van der Waals surface area contributed by atoms with Crippen LogP contribution in [0.5, 0.6) is 0 Å².